The number of carbonyl (C=O) groups excluding carboxylic acids is 2. The Kier molecular flexibility index (Phi) is 8.11. The molecule has 7 nitrogen and oxygen atoms in total. The van der Waals surface area contributed by atoms with Crippen molar-refractivity contribution >= 4 is 23.1 Å². The second kappa shape index (κ2) is 11.0. The summed E-state index contributed by atoms with van der Waals surface area (Å²) >= 11 is 0. The molecule has 1 heterocycles. The highest BCUT2D eigenvalue weighted by Crippen LogP contribution is 2.34. The molecule has 7 heteroatoms. The van der Waals surface area contributed by atoms with E-state index in [1.54, 1.807) is 19.2 Å². The number of anilines is 1. The van der Waals surface area contributed by atoms with Gasteiger partial charge in [-0.25, -0.2) is 0 Å². The highest BCUT2D eigenvalue weighted by Gasteiger charge is 2.39. The number of hydrogen-bond acceptors (Lipinski definition) is 6. The van der Waals surface area contributed by atoms with E-state index in [1.165, 1.54) is 4.90 Å². The van der Waals surface area contributed by atoms with Gasteiger partial charge in [-0.05, 0) is 62.6 Å². The Morgan fingerprint density at radius 1 is 1.00 bits per heavy atom. The summed E-state index contributed by atoms with van der Waals surface area (Å²) in [7, 11) is 1.57. The minimum atomic E-state index is -0.391. The molecule has 0 aromatic heterocycles. The average molecular weight is 453 g/mol. The van der Waals surface area contributed by atoms with Crippen LogP contribution >= 0.6 is 0 Å². The van der Waals surface area contributed by atoms with Crippen molar-refractivity contribution in [1.29, 1.82) is 0 Å². The molecule has 1 aliphatic heterocycles. The topological polar surface area (TPSA) is 77.1 Å². The maximum absolute atomic E-state index is 13.4. The number of methoxy groups -OCH3 is 1. The van der Waals surface area contributed by atoms with Gasteiger partial charge in [0.15, 0.2) is 0 Å². The summed E-state index contributed by atoms with van der Waals surface area (Å²) < 4.78 is 16.7. The number of amides is 2. The van der Waals surface area contributed by atoms with E-state index in [1.807, 2.05) is 58.0 Å². The highest BCUT2D eigenvalue weighted by atomic mass is 16.5. The van der Waals surface area contributed by atoms with Crippen LogP contribution in [0.4, 0.5) is 5.69 Å². The van der Waals surface area contributed by atoms with Crippen LogP contribution < -0.4 is 14.8 Å². The van der Waals surface area contributed by atoms with Crippen LogP contribution in [0.5, 0.6) is 11.5 Å². The van der Waals surface area contributed by atoms with Crippen molar-refractivity contribution in [2.75, 3.05) is 32.2 Å². The fraction of sp³-hybridized carbons (Fsp3) is 0.385. The minimum Gasteiger partial charge on any atom is -0.495 e. The third-order valence-electron chi connectivity index (χ3n) is 5.16. The second-order valence-electron chi connectivity index (χ2n) is 8.13. The molecule has 0 saturated carbocycles. The Balaban J connectivity index is 1.98. The van der Waals surface area contributed by atoms with E-state index >= 15 is 0 Å². The van der Waals surface area contributed by atoms with Crippen LogP contribution in [0.15, 0.2) is 48.2 Å². The zero-order valence-corrected chi connectivity index (χ0v) is 19.9. The van der Waals surface area contributed by atoms with Gasteiger partial charge >= 0.3 is 0 Å². The zero-order valence-electron chi connectivity index (χ0n) is 19.9. The number of nitrogens with one attached hydrogen (secondary N) is 1. The number of imide groups is 1. The smallest absolute Gasteiger partial charge is 0.278 e. The largest absolute Gasteiger partial charge is 0.495 e. The molecule has 2 aromatic rings. The van der Waals surface area contributed by atoms with Crippen LogP contribution in [0, 0.1) is 6.92 Å². The van der Waals surface area contributed by atoms with E-state index in [2.05, 4.69) is 5.32 Å². The Morgan fingerprint density at radius 3 is 2.36 bits per heavy atom. The summed E-state index contributed by atoms with van der Waals surface area (Å²) in [5, 5.41) is 3.18. The van der Waals surface area contributed by atoms with Crippen molar-refractivity contribution in [3.8, 4) is 11.5 Å². The number of ether oxygens (including phenoxy) is 3. The predicted molar refractivity (Wildman–Crippen MR) is 128 cm³/mol. The summed E-state index contributed by atoms with van der Waals surface area (Å²) in [6.07, 6.45) is 0.912. The van der Waals surface area contributed by atoms with Gasteiger partial charge in [-0.2, -0.15) is 0 Å². The maximum atomic E-state index is 13.4. The third-order valence-corrected chi connectivity index (χ3v) is 5.16. The number of nitrogens with zero attached hydrogens (tertiary/aromatic N) is 1. The van der Waals surface area contributed by atoms with E-state index in [0.29, 0.717) is 29.2 Å². The molecule has 1 N–H and O–H groups in total. The molecule has 1 aliphatic rings. The molecular weight excluding hydrogens is 420 g/mol. The van der Waals surface area contributed by atoms with Crippen LogP contribution in [0.3, 0.4) is 0 Å². The molecule has 2 aromatic carbocycles. The third kappa shape index (κ3) is 5.73. The lowest BCUT2D eigenvalue weighted by molar-refractivity contribution is -0.137. The van der Waals surface area contributed by atoms with Crippen LogP contribution in [-0.4, -0.2) is 49.7 Å². The normalized spacial score (nSPS) is 13.8. The first-order valence-corrected chi connectivity index (χ1v) is 11.2. The quantitative estimate of drug-likeness (QED) is 0.509. The van der Waals surface area contributed by atoms with Crippen molar-refractivity contribution in [1.82, 2.24) is 4.90 Å². The van der Waals surface area contributed by atoms with E-state index in [-0.39, 0.29) is 30.9 Å². The lowest BCUT2D eigenvalue weighted by Crippen LogP contribution is -2.35. The van der Waals surface area contributed by atoms with Crippen molar-refractivity contribution < 1.29 is 23.8 Å². The predicted octanol–water partition coefficient (Wildman–Crippen LogP) is 4.41. The van der Waals surface area contributed by atoms with Gasteiger partial charge in [-0.15, -0.1) is 0 Å². The van der Waals surface area contributed by atoms with E-state index < -0.39 is 5.91 Å². The SMILES string of the molecule is CCCOc1ccc(C2=C(Nc3cc(C)ccc3OC)C(=O)N(CCOC(C)C)C2=O)cc1. The van der Waals surface area contributed by atoms with E-state index in [9.17, 15) is 9.59 Å². The molecule has 0 bridgehead atoms. The second-order valence-corrected chi connectivity index (χ2v) is 8.13. The van der Waals surface area contributed by atoms with E-state index in [4.69, 9.17) is 14.2 Å². The van der Waals surface area contributed by atoms with Crippen LogP contribution in [0.1, 0.15) is 38.3 Å². The highest BCUT2D eigenvalue weighted by molar-refractivity contribution is 6.36. The summed E-state index contributed by atoms with van der Waals surface area (Å²) in [5.74, 6) is 0.550. The van der Waals surface area contributed by atoms with Gasteiger partial charge in [0.2, 0.25) is 0 Å². The number of benzene rings is 2. The fourth-order valence-electron chi connectivity index (χ4n) is 3.53. The van der Waals surface area contributed by atoms with Gasteiger partial charge in [0.25, 0.3) is 11.8 Å². The summed E-state index contributed by atoms with van der Waals surface area (Å²) in [4.78, 5) is 27.9. The van der Waals surface area contributed by atoms with Crippen molar-refractivity contribution in [3.63, 3.8) is 0 Å². The first-order chi connectivity index (χ1) is 15.8. The Morgan fingerprint density at radius 2 is 1.73 bits per heavy atom. The van der Waals surface area contributed by atoms with Crippen molar-refractivity contribution in [2.24, 2.45) is 0 Å². The van der Waals surface area contributed by atoms with Crippen molar-refractivity contribution in [3.05, 3.63) is 59.3 Å². The number of carbonyl (C=O) groups is 2. The molecule has 0 unspecified atom stereocenters. The molecule has 0 fully saturated rings. The first-order valence-electron chi connectivity index (χ1n) is 11.2. The number of hydrogen-bond donors (Lipinski definition) is 1. The van der Waals surface area contributed by atoms with Gasteiger partial charge < -0.3 is 19.5 Å². The average Bonchev–Trinajstić information content (AvgIpc) is 3.02. The Bertz CT molecular complexity index is 1030. The van der Waals surface area contributed by atoms with Gasteiger partial charge in [-0.1, -0.05) is 25.1 Å². The van der Waals surface area contributed by atoms with Gasteiger partial charge in [-0.3, -0.25) is 14.5 Å². The zero-order chi connectivity index (χ0) is 24.0. The Labute approximate surface area is 195 Å². The standard InChI is InChI=1S/C26H32N2O5/c1-6-14-33-20-10-8-19(9-11-20)23-24(27-21-16-18(4)7-12-22(21)31-5)26(30)28(25(23)29)13-15-32-17(2)3/h7-12,16-17,27H,6,13-15H2,1-5H3. The molecule has 0 spiro atoms. The van der Waals surface area contributed by atoms with Crippen LogP contribution in [0.2, 0.25) is 0 Å². The molecule has 0 saturated heterocycles. The lowest BCUT2D eigenvalue weighted by Gasteiger charge is -2.17. The maximum Gasteiger partial charge on any atom is 0.278 e. The van der Waals surface area contributed by atoms with Gasteiger partial charge in [0.1, 0.15) is 17.2 Å². The number of aryl methyl sites for hydroxylation is 1. The van der Waals surface area contributed by atoms with Gasteiger partial charge in [0, 0.05) is 0 Å². The molecule has 33 heavy (non-hydrogen) atoms. The summed E-state index contributed by atoms with van der Waals surface area (Å²) in [6, 6.07) is 12.9. The summed E-state index contributed by atoms with van der Waals surface area (Å²) in [6.45, 7) is 8.87. The number of rotatable bonds is 11. The minimum absolute atomic E-state index is 0.00931. The first kappa shape index (κ1) is 24.3. The van der Waals surface area contributed by atoms with Crippen LogP contribution in [0.25, 0.3) is 5.57 Å². The van der Waals surface area contributed by atoms with Crippen LogP contribution in [-0.2, 0) is 14.3 Å². The monoisotopic (exact) mass is 452 g/mol. The molecule has 0 aliphatic carbocycles. The van der Waals surface area contributed by atoms with Gasteiger partial charge in [0.05, 0.1) is 44.2 Å². The molecule has 2 amide bonds. The molecule has 176 valence electrons. The lowest BCUT2D eigenvalue weighted by atomic mass is 10.0. The molecular formula is C26H32N2O5. The molecule has 0 radical (unpaired) electrons. The fourth-order valence-corrected chi connectivity index (χ4v) is 3.53. The molecule has 0 atom stereocenters. The van der Waals surface area contributed by atoms with E-state index in [0.717, 1.165) is 17.7 Å². The molecule has 3 rings (SSSR count). The summed E-state index contributed by atoms with van der Waals surface area (Å²) in [5.41, 5.74) is 2.79. The Hall–Kier alpha value is -3.32. The van der Waals surface area contributed by atoms with Crippen molar-refractivity contribution in [2.45, 2.75) is 40.2 Å².